The minimum atomic E-state index is -1.14. The van der Waals surface area contributed by atoms with Crippen LogP contribution in [-0.2, 0) is 9.53 Å². The van der Waals surface area contributed by atoms with Gasteiger partial charge in [-0.05, 0) is 12.8 Å². The largest absolute Gasteiger partial charge is 0.394 e. The third-order valence-corrected chi connectivity index (χ3v) is 4.60. The van der Waals surface area contributed by atoms with Crippen molar-refractivity contribution >= 4 is 5.78 Å². The summed E-state index contributed by atoms with van der Waals surface area (Å²) in [6.07, 6.45) is 8.02. The molecule has 24 heavy (non-hydrogen) atoms. The number of hydrogen-bond acceptors (Lipinski definition) is 6. The van der Waals surface area contributed by atoms with E-state index in [1.807, 2.05) is 6.08 Å². The molecule has 2 heterocycles. The van der Waals surface area contributed by atoms with Crippen molar-refractivity contribution in [2.75, 3.05) is 6.61 Å². The van der Waals surface area contributed by atoms with E-state index in [9.17, 15) is 15.0 Å². The fraction of sp³-hybridized carbons (Fsp3) is 0.722. The molecule has 2 aliphatic rings. The number of hydrogen-bond donors (Lipinski definition) is 3. The van der Waals surface area contributed by atoms with Crippen LogP contribution in [0.15, 0.2) is 24.0 Å². The number of allylic oxidation sites excluding steroid dienone is 2. The predicted octanol–water partition coefficient (Wildman–Crippen LogP) is 1.46. The van der Waals surface area contributed by atoms with Crippen LogP contribution >= 0.6 is 0 Å². The van der Waals surface area contributed by atoms with E-state index in [1.165, 1.54) is 12.8 Å². The van der Waals surface area contributed by atoms with Gasteiger partial charge in [0.05, 0.1) is 6.61 Å². The van der Waals surface area contributed by atoms with Gasteiger partial charge in [0.15, 0.2) is 12.0 Å². The highest BCUT2D eigenvalue weighted by Gasteiger charge is 2.44. The van der Waals surface area contributed by atoms with Gasteiger partial charge in [0.1, 0.15) is 18.3 Å². The van der Waals surface area contributed by atoms with Crippen molar-refractivity contribution in [3.63, 3.8) is 0 Å². The average molecular weight is 339 g/mol. The predicted molar refractivity (Wildman–Crippen MR) is 89.8 cm³/mol. The van der Waals surface area contributed by atoms with E-state index in [-0.39, 0.29) is 12.4 Å². The summed E-state index contributed by atoms with van der Waals surface area (Å²) in [5.74, 6) is 0.118. The summed E-state index contributed by atoms with van der Waals surface area (Å²) < 4.78 is 5.50. The van der Waals surface area contributed by atoms with Gasteiger partial charge in [-0.1, -0.05) is 38.7 Å². The molecule has 136 valence electrons. The lowest BCUT2D eigenvalue weighted by Crippen LogP contribution is -2.40. The molecule has 4 atom stereocenters. The third-order valence-electron chi connectivity index (χ3n) is 4.60. The first-order valence-corrected chi connectivity index (χ1v) is 8.89. The Morgan fingerprint density at radius 2 is 2.00 bits per heavy atom. The number of carbonyl (C=O) groups excluding carboxylic acids is 1. The Morgan fingerprint density at radius 3 is 2.67 bits per heavy atom. The fourth-order valence-electron chi connectivity index (χ4n) is 3.10. The summed E-state index contributed by atoms with van der Waals surface area (Å²) >= 11 is 0. The number of aliphatic hydroxyl groups is 3. The molecule has 6 nitrogen and oxygen atoms in total. The zero-order valence-electron chi connectivity index (χ0n) is 14.3. The molecule has 1 saturated heterocycles. The van der Waals surface area contributed by atoms with Crippen LogP contribution in [0.2, 0.25) is 0 Å². The van der Waals surface area contributed by atoms with Gasteiger partial charge in [-0.2, -0.15) is 0 Å². The third kappa shape index (κ3) is 4.66. The molecule has 0 spiro atoms. The summed E-state index contributed by atoms with van der Waals surface area (Å²) in [5, 5.41) is 29.1. The van der Waals surface area contributed by atoms with Gasteiger partial charge in [0.2, 0.25) is 0 Å². The van der Waals surface area contributed by atoms with Crippen molar-refractivity contribution in [3.8, 4) is 0 Å². The highest BCUT2D eigenvalue weighted by Crippen LogP contribution is 2.27. The zero-order valence-corrected chi connectivity index (χ0v) is 14.3. The van der Waals surface area contributed by atoms with E-state index in [4.69, 9.17) is 9.84 Å². The zero-order chi connectivity index (χ0) is 17.5. The van der Waals surface area contributed by atoms with Crippen LogP contribution in [0, 0.1) is 0 Å². The molecular formula is C18H29NO5. The lowest BCUT2D eigenvalue weighted by atomic mass is 10.0. The Hall–Kier alpha value is -1.21. The van der Waals surface area contributed by atoms with Crippen molar-refractivity contribution in [1.82, 2.24) is 4.90 Å². The first-order chi connectivity index (χ1) is 11.6. The molecule has 0 aliphatic carbocycles. The maximum Gasteiger partial charge on any atom is 0.162 e. The lowest BCUT2D eigenvalue weighted by Gasteiger charge is -2.29. The first-order valence-electron chi connectivity index (χ1n) is 8.89. The molecule has 0 bridgehead atoms. The second kappa shape index (κ2) is 9.32. The number of ketones is 1. The highest BCUT2D eigenvalue weighted by atomic mass is 16.6. The topological polar surface area (TPSA) is 90.2 Å². The van der Waals surface area contributed by atoms with Crippen LogP contribution in [0.1, 0.15) is 51.9 Å². The Labute approximate surface area is 143 Å². The minimum absolute atomic E-state index is 0.118. The first kappa shape index (κ1) is 19.1. The lowest BCUT2D eigenvalue weighted by molar-refractivity contribution is -0.116. The van der Waals surface area contributed by atoms with E-state index in [2.05, 4.69) is 6.92 Å². The molecule has 1 fully saturated rings. The number of carbonyl (C=O) groups is 1. The van der Waals surface area contributed by atoms with Crippen LogP contribution in [0.3, 0.4) is 0 Å². The molecule has 2 rings (SSSR count). The molecule has 0 unspecified atom stereocenters. The number of aliphatic hydroxyl groups excluding tert-OH is 3. The van der Waals surface area contributed by atoms with Gasteiger partial charge >= 0.3 is 0 Å². The number of rotatable bonds is 9. The SMILES string of the molecule is CCCCCCCC(=O)C1=CN([C@@H]2O[C@H](CO)[C@H](O)[C@@H]2O)C=CC1. The van der Waals surface area contributed by atoms with Crippen molar-refractivity contribution in [2.24, 2.45) is 0 Å². The summed E-state index contributed by atoms with van der Waals surface area (Å²) in [5.41, 5.74) is 0.686. The molecule has 0 aromatic rings. The summed E-state index contributed by atoms with van der Waals surface area (Å²) in [6.45, 7) is 1.80. The second-order valence-corrected chi connectivity index (χ2v) is 6.51. The van der Waals surface area contributed by atoms with E-state index in [0.717, 1.165) is 19.3 Å². The maximum absolute atomic E-state index is 12.3. The molecule has 0 aromatic carbocycles. The van der Waals surface area contributed by atoms with E-state index >= 15 is 0 Å². The summed E-state index contributed by atoms with van der Waals surface area (Å²) in [6, 6.07) is 0. The summed E-state index contributed by atoms with van der Waals surface area (Å²) in [4.78, 5) is 13.9. The van der Waals surface area contributed by atoms with Crippen molar-refractivity contribution in [3.05, 3.63) is 24.0 Å². The maximum atomic E-state index is 12.3. The Balaban J connectivity index is 1.90. The van der Waals surface area contributed by atoms with Crippen LogP contribution < -0.4 is 0 Å². The molecule has 3 N–H and O–H groups in total. The highest BCUT2D eigenvalue weighted by molar-refractivity contribution is 5.95. The fourth-order valence-corrected chi connectivity index (χ4v) is 3.10. The van der Waals surface area contributed by atoms with Gasteiger partial charge in [-0.15, -0.1) is 0 Å². The van der Waals surface area contributed by atoms with E-state index in [0.29, 0.717) is 18.4 Å². The average Bonchev–Trinajstić information content (AvgIpc) is 2.89. The summed E-state index contributed by atoms with van der Waals surface area (Å²) in [7, 11) is 0. The van der Waals surface area contributed by atoms with Crippen molar-refractivity contribution < 1.29 is 24.9 Å². The van der Waals surface area contributed by atoms with Crippen molar-refractivity contribution in [2.45, 2.75) is 76.4 Å². The molecule has 0 radical (unpaired) electrons. The quantitative estimate of drug-likeness (QED) is 0.551. The molecule has 2 aliphatic heterocycles. The Morgan fingerprint density at radius 1 is 1.25 bits per heavy atom. The minimum Gasteiger partial charge on any atom is -0.394 e. The molecule has 6 heteroatoms. The Kier molecular flexibility index (Phi) is 7.42. The molecule has 0 saturated carbocycles. The number of ether oxygens (including phenoxy) is 1. The van der Waals surface area contributed by atoms with Gasteiger partial charge in [0, 0.05) is 24.4 Å². The Bertz CT molecular complexity index is 476. The second-order valence-electron chi connectivity index (χ2n) is 6.51. The van der Waals surface area contributed by atoms with Gasteiger partial charge in [0.25, 0.3) is 0 Å². The number of nitrogens with zero attached hydrogens (tertiary/aromatic N) is 1. The van der Waals surface area contributed by atoms with Crippen LogP contribution in [-0.4, -0.2) is 57.1 Å². The van der Waals surface area contributed by atoms with Crippen molar-refractivity contribution in [1.29, 1.82) is 0 Å². The molecule has 0 aromatic heterocycles. The van der Waals surface area contributed by atoms with Gasteiger partial charge in [-0.3, -0.25) is 4.79 Å². The van der Waals surface area contributed by atoms with Crippen LogP contribution in [0.25, 0.3) is 0 Å². The number of unbranched alkanes of at least 4 members (excludes halogenated alkanes) is 4. The standard InChI is InChI=1S/C18H29NO5/c1-2-3-4-5-6-9-14(21)13-8-7-10-19(11-13)18-17(23)16(22)15(12-20)24-18/h7,10-11,15-18,20,22-23H,2-6,8-9,12H2,1H3/t15-,16+,17+,18-/m1/s1. The smallest absolute Gasteiger partial charge is 0.162 e. The number of Topliss-reactive ketones (excluding diaryl/α,β-unsaturated/α-hetero) is 1. The van der Waals surface area contributed by atoms with E-state index < -0.39 is 24.5 Å². The molecule has 0 amide bonds. The monoisotopic (exact) mass is 339 g/mol. The normalized spacial score (nSPS) is 29.8. The molecular weight excluding hydrogens is 310 g/mol. The van der Waals surface area contributed by atoms with Gasteiger partial charge in [-0.25, -0.2) is 0 Å². The van der Waals surface area contributed by atoms with Gasteiger partial charge < -0.3 is 25.0 Å². The van der Waals surface area contributed by atoms with E-state index in [1.54, 1.807) is 17.3 Å². The van der Waals surface area contributed by atoms with Crippen LogP contribution in [0.5, 0.6) is 0 Å². The van der Waals surface area contributed by atoms with Crippen LogP contribution in [0.4, 0.5) is 0 Å².